The van der Waals surface area contributed by atoms with Gasteiger partial charge in [-0.3, -0.25) is 9.89 Å². The van der Waals surface area contributed by atoms with Crippen LogP contribution in [0.4, 0.5) is 0 Å². The van der Waals surface area contributed by atoms with Gasteiger partial charge in [-0.2, -0.15) is 10.2 Å². The zero-order valence-corrected chi connectivity index (χ0v) is 10.5. The molecule has 0 saturated carbocycles. The van der Waals surface area contributed by atoms with E-state index in [1.165, 1.54) is 6.33 Å². The molecule has 1 amide bonds. The van der Waals surface area contributed by atoms with Gasteiger partial charge in [0.05, 0.1) is 12.2 Å². The first-order chi connectivity index (χ1) is 9.83. The highest BCUT2D eigenvalue weighted by molar-refractivity contribution is 5.92. The van der Waals surface area contributed by atoms with Crippen molar-refractivity contribution in [2.45, 2.75) is 6.54 Å². The topological polar surface area (TPSA) is 88.5 Å². The molecule has 7 heteroatoms. The number of amides is 1. The smallest absolute Gasteiger partial charge is 0.272 e. The van der Waals surface area contributed by atoms with Gasteiger partial charge in [0.1, 0.15) is 12.2 Å². The van der Waals surface area contributed by atoms with E-state index in [2.05, 4.69) is 25.6 Å². The van der Waals surface area contributed by atoms with Crippen LogP contribution < -0.4 is 5.32 Å². The van der Waals surface area contributed by atoms with Crippen LogP contribution in [0.15, 0.2) is 48.9 Å². The molecule has 1 aromatic carbocycles. The number of H-pyrrole nitrogens is 1. The summed E-state index contributed by atoms with van der Waals surface area (Å²) in [5.74, 6) is 0.344. The Kier molecular flexibility index (Phi) is 3.24. The van der Waals surface area contributed by atoms with Crippen molar-refractivity contribution in [2.75, 3.05) is 0 Å². The molecule has 0 unspecified atom stereocenters. The van der Waals surface area contributed by atoms with Gasteiger partial charge in [-0.25, -0.2) is 9.67 Å². The summed E-state index contributed by atoms with van der Waals surface area (Å²) in [7, 11) is 0. The van der Waals surface area contributed by atoms with Crippen molar-refractivity contribution in [1.82, 2.24) is 30.3 Å². The molecule has 0 saturated heterocycles. The number of rotatable bonds is 4. The van der Waals surface area contributed by atoms with Crippen molar-refractivity contribution in [2.24, 2.45) is 0 Å². The number of hydrogen-bond acceptors (Lipinski definition) is 4. The van der Waals surface area contributed by atoms with Gasteiger partial charge in [0, 0.05) is 6.20 Å². The fourth-order valence-corrected chi connectivity index (χ4v) is 1.74. The van der Waals surface area contributed by atoms with E-state index in [0.717, 1.165) is 5.69 Å². The van der Waals surface area contributed by atoms with E-state index in [1.807, 2.05) is 30.3 Å². The van der Waals surface area contributed by atoms with Crippen LogP contribution >= 0.6 is 0 Å². The highest BCUT2D eigenvalue weighted by Gasteiger charge is 2.10. The number of nitrogens with zero attached hydrogens (tertiary/aromatic N) is 4. The largest absolute Gasteiger partial charge is 0.343 e. The molecule has 2 N–H and O–H groups in total. The third kappa shape index (κ3) is 2.56. The van der Waals surface area contributed by atoms with Crippen LogP contribution in [-0.2, 0) is 6.54 Å². The molecule has 0 radical (unpaired) electrons. The fourth-order valence-electron chi connectivity index (χ4n) is 1.74. The third-order valence-corrected chi connectivity index (χ3v) is 2.72. The highest BCUT2D eigenvalue weighted by atomic mass is 16.1. The first kappa shape index (κ1) is 12.1. The number of aromatic nitrogens is 5. The van der Waals surface area contributed by atoms with E-state index < -0.39 is 0 Å². The van der Waals surface area contributed by atoms with E-state index >= 15 is 0 Å². The van der Waals surface area contributed by atoms with Crippen LogP contribution in [0.1, 0.15) is 16.3 Å². The molecule has 7 nitrogen and oxygen atoms in total. The minimum Gasteiger partial charge on any atom is -0.343 e. The Morgan fingerprint density at radius 3 is 2.85 bits per heavy atom. The second kappa shape index (κ2) is 5.35. The molecule has 100 valence electrons. The van der Waals surface area contributed by atoms with Crippen LogP contribution in [0.5, 0.6) is 0 Å². The fraction of sp³-hybridized carbons (Fsp3) is 0.0769. The summed E-state index contributed by atoms with van der Waals surface area (Å²) in [6.45, 7) is 0.289. The van der Waals surface area contributed by atoms with E-state index in [9.17, 15) is 4.79 Å². The molecule has 0 aliphatic heterocycles. The van der Waals surface area contributed by atoms with Gasteiger partial charge in [-0.05, 0) is 18.2 Å². The lowest BCUT2D eigenvalue weighted by molar-refractivity contribution is 0.0944. The van der Waals surface area contributed by atoms with E-state index in [1.54, 1.807) is 16.9 Å². The Bertz CT molecular complexity index is 689. The lowest BCUT2D eigenvalue weighted by Gasteiger charge is -2.01. The van der Waals surface area contributed by atoms with Crippen molar-refractivity contribution in [1.29, 1.82) is 0 Å². The molecule has 0 spiro atoms. The van der Waals surface area contributed by atoms with Crippen molar-refractivity contribution in [3.05, 3.63) is 60.4 Å². The summed E-state index contributed by atoms with van der Waals surface area (Å²) in [6.07, 6.45) is 3.14. The van der Waals surface area contributed by atoms with Crippen LogP contribution in [-0.4, -0.2) is 30.9 Å². The number of benzene rings is 1. The van der Waals surface area contributed by atoms with Gasteiger partial charge < -0.3 is 5.32 Å². The molecular weight excluding hydrogens is 256 g/mol. The molecule has 0 fully saturated rings. The average molecular weight is 268 g/mol. The maximum Gasteiger partial charge on any atom is 0.272 e. The second-order valence-electron chi connectivity index (χ2n) is 4.10. The van der Waals surface area contributed by atoms with E-state index in [-0.39, 0.29) is 12.5 Å². The van der Waals surface area contributed by atoms with E-state index in [4.69, 9.17) is 0 Å². The molecule has 3 rings (SSSR count). The summed E-state index contributed by atoms with van der Waals surface area (Å²) in [5, 5.41) is 13.3. The van der Waals surface area contributed by atoms with Crippen molar-refractivity contribution in [3.8, 4) is 5.69 Å². The summed E-state index contributed by atoms with van der Waals surface area (Å²) in [5.41, 5.74) is 1.26. The first-order valence-corrected chi connectivity index (χ1v) is 6.06. The van der Waals surface area contributed by atoms with Gasteiger partial charge in [-0.15, -0.1) is 0 Å². The van der Waals surface area contributed by atoms with Crippen LogP contribution in [0.2, 0.25) is 0 Å². The number of para-hydroxylation sites is 1. The molecule has 2 aromatic heterocycles. The lowest BCUT2D eigenvalue weighted by atomic mass is 10.3. The number of aromatic amines is 1. The Balaban J connectivity index is 1.69. The molecule has 3 aromatic rings. The maximum absolute atomic E-state index is 11.9. The molecule has 20 heavy (non-hydrogen) atoms. The minimum absolute atomic E-state index is 0.254. The summed E-state index contributed by atoms with van der Waals surface area (Å²) >= 11 is 0. The summed E-state index contributed by atoms with van der Waals surface area (Å²) in [6, 6.07) is 11.3. The predicted octanol–water partition coefficient (Wildman–Crippen LogP) is 0.920. The summed E-state index contributed by atoms with van der Waals surface area (Å²) < 4.78 is 1.66. The van der Waals surface area contributed by atoms with Crippen LogP contribution in [0.25, 0.3) is 5.69 Å². The second-order valence-corrected chi connectivity index (χ2v) is 4.10. The Morgan fingerprint density at radius 1 is 1.25 bits per heavy atom. The Morgan fingerprint density at radius 2 is 2.10 bits per heavy atom. The van der Waals surface area contributed by atoms with Crippen molar-refractivity contribution < 1.29 is 4.79 Å². The zero-order chi connectivity index (χ0) is 13.8. The van der Waals surface area contributed by atoms with Crippen LogP contribution in [0.3, 0.4) is 0 Å². The first-order valence-electron chi connectivity index (χ1n) is 6.06. The monoisotopic (exact) mass is 268 g/mol. The van der Waals surface area contributed by atoms with E-state index in [0.29, 0.717) is 11.5 Å². The molecule has 0 aliphatic rings. The SMILES string of the molecule is O=C(NCc1ncn[nH]1)c1ccn(-c2ccccc2)n1. The number of carbonyl (C=O) groups is 1. The average Bonchev–Trinajstić information content (AvgIpc) is 3.17. The number of carbonyl (C=O) groups excluding carboxylic acids is 1. The maximum atomic E-state index is 11.9. The summed E-state index contributed by atoms with van der Waals surface area (Å²) in [4.78, 5) is 15.9. The standard InChI is InChI=1S/C13H12N6O/c20-13(14-8-12-15-9-16-17-12)11-6-7-19(18-11)10-4-2-1-3-5-10/h1-7,9H,8H2,(H,14,20)(H,15,16,17). The molecule has 0 aliphatic carbocycles. The number of nitrogens with one attached hydrogen (secondary N) is 2. The van der Waals surface area contributed by atoms with Gasteiger partial charge >= 0.3 is 0 Å². The van der Waals surface area contributed by atoms with Crippen molar-refractivity contribution >= 4 is 5.91 Å². The highest BCUT2D eigenvalue weighted by Crippen LogP contribution is 2.06. The van der Waals surface area contributed by atoms with Crippen LogP contribution in [0, 0.1) is 0 Å². The Labute approximate surface area is 114 Å². The normalized spacial score (nSPS) is 10.4. The van der Waals surface area contributed by atoms with Gasteiger partial charge in [0.2, 0.25) is 0 Å². The molecule has 2 heterocycles. The molecule has 0 atom stereocenters. The van der Waals surface area contributed by atoms with Gasteiger partial charge in [-0.1, -0.05) is 18.2 Å². The van der Waals surface area contributed by atoms with Crippen molar-refractivity contribution in [3.63, 3.8) is 0 Å². The molecular formula is C13H12N6O. The third-order valence-electron chi connectivity index (χ3n) is 2.72. The quantitative estimate of drug-likeness (QED) is 0.736. The minimum atomic E-state index is -0.254. The predicted molar refractivity (Wildman–Crippen MR) is 71.1 cm³/mol. The zero-order valence-electron chi connectivity index (χ0n) is 10.5. The van der Waals surface area contributed by atoms with Gasteiger partial charge in [0.15, 0.2) is 5.69 Å². The lowest BCUT2D eigenvalue weighted by Crippen LogP contribution is -2.24. The van der Waals surface area contributed by atoms with Gasteiger partial charge in [0.25, 0.3) is 5.91 Å². The Hall–Kier alpha value is -2.96. The molecule has 0 bridgehead atoms. The number of hydrogen-bond donors (Lipinski definition) is 2.